The molecule has 1 aliphatic rings. The molecule has 1 aliphatic heterocycles. The van der Waals surface area contributed by atoms with Gasteiger partial charge >= 0.3 is 0 Å². The summed E-state index contributed by atoms with van der Waals surface area (Å²) >= 11 is 13.4. The lowest BCUT2D eigenvalue weighted by molar-refractivity contribution is 0.160. The summed E-state index contributed by atoms with van der Waals surface area (Å²) in [5.74, 6) is 0.916. The summed E-state index contributed by atoms with van der Waals surface area (Å²) < 4.78 is 0. The summed E-state index contributed by atoms with van der Waals surface area (Å²) in [6, 6.07) is 5.44. The number of halogens is 2. The Morgan fingerprint density at radius 2 is 2.14 bits per heavy atom. The summed E-state index contributed by atoms with van der Waals surface area (Å²) in [6.45, 7) is 0.662. The minimum Gasteiger partial charge on any atom is -0.394 e. The highest BCUT2D eigenvalue weighted by Crippen LogP contribution is 2.26. The third-order valence-electron chi connectivity index (χ3n) is 1.73. The average Bonchev–Trinajstić information content (AvgIpc) is 2.23. The van der Waals surface area contributed by atoms with Crippen molar-refractivity contribution in [3.8, 4) is 0 Å². The van der Waals surface area contributed by atoms with E-state index in [-0.39, 0.29) is 0 Å². The maximum Gasteiger partial charge on any atom is 0.143 e. The van der Waals surface area contributed by atoms with Crippen LogP contribution in [0.15, 0.2) is 23.4 Å². The van der Waals surface area contributed by atoms with E-state index in [1.165, 1.54) is 0 Å². The first-order valence-electron chi connectivity index (χ1n) is 4.05. The highest BCUT2D eigenvalue weighted by Gasteiger charge is 2.11. The van der Waals surface area contributed by atoms with E-state index in [4.69, 9.17) is 28.0 Å². The van der Waals surface area contributed by atoms with Gasteiger partial charge in [-0.15, -0.1) is 0 Å². The summed E-state index contributed by atoms with van der Waals surface area (Å²) in [7, 11) is 0. The summed E-state index contributed by atoms with van der Waals surface area (Å²) in [5.41, 5.74) is 0.948. The molecule has 14 heavy (non-hydrogen) atoms. The molecule has 0 atom stereocenters. The Morgan fingerprint density at radius 1 is 1.29 bits per heavy atom. The van der Waals surface area contributed by atoms with E-state index in [9.17, 15) is 0 Å². The van der Waals surface area contributed by atoms with Crippen molar-refractivity contribution in [2.75, 3.05) is 12.4 Å². The van der Waals surface area contributed by atoms with Crippen molar-refractivity contribution in [1.29, 1.82) is 0 Å². The largest absolute Gasteiger partial charge is 0.394 e. The fraction of sp³-hybridized carbons (Fsp3) is 0.222. The van der Waals surface area contributed by atoms with E-state index in [1.54, 1.807) is 23.9 Å². The highest BCUT2D eigenvalue weighted by molar-refractivity contribution is 8.14. The van der Waals surface area contributed by atoms with Gasteiger partial charge in [0.2, 0.25) is 0 Å². The minimum absolute atomic E-state index is 0.540. The monoisotopic (exact) mass is 247 g/mol. The fourth-order valence-corrected chi connectivity index (χ4v) is 2.12. The van der Waals surface area contributed by atoms with Crippen LogP contribution in [0.5, 0.6) is 0 Å². The molecule has 0 aliphatic carbocycles. The fourth-order valence-electron chi connectivity index (χ4n) is 1.07. The van der Waals surface area contributed by atoms with Crippen LogP contribution in [0, 0.1) is 0 Å². The van der Waals surface area contributed by atoms with Gasteiger partial charge in [0.1, 0.15) is 11.7 Å². The van der Waals surface area contributed by atoms with Crippen LogP contribution in [0.4, 0.5) is 0 Å². The number of benzene rings is 1. The van der Waals surface area contributed by atoms with E-state index < -0.39 is 0 Å². The van der Waals surface area contributed by atoms with Crippen LogP contribution in [0.2, 0.25) is 10.0 Å². The summed E-state index contributed by atoms with van der Waals surface area (Å²) in [4.78, 5) is 5.00. The Labute approximate surface area is 96.2 Å². The normalized spacial score (nSPS) is 16.0. The molecule has 1 heterocycles. The number of hydrogen-bond donors (Lipinski definition) is 0. The van der Waals surface area contributed by atoms with Gasteiger partial charge in [-0.3, -0.25) is 0 Å². The van der Waals surface area contributed by atoms with Crippen LogP contribution in [-0.2, 0) is 4.84 Å². The second-order valence-corrected chi connectivity index (χ2v) is 4.61. The molecule has 0 fully saturated rings. The van der Waals surface area contributed by atoms with Crippen LogP contribution in [-0.4, -0.2) is 17.4 Å². The molecule has 0 amide bonds. The topological polar surface area (TPSA) is 21.6 Å². The number of rotatable bonds is 1. The molecule has 5 heteroatoms. The van der Waals surface area contributed by atoms with E-state index in [0.29, 0.717) is 16.7 Å². The second kappa shape index (κ2) is 4.43. The first kappa shape index (κ1) is 10.1. The molecular formula is C9H7Cl2NOS. The van der Waals surface area contributed by atoms with E-state index in [2.05, 4.69) is 5.16 Å². The first-order valence-corrected chi connectivity index (χ1v) is 5.80. The predicted octanol–water partition coefficient (Wildman–Crippen LogP) is 3.42. The van der Waals surface area contributed by atoms with Crippen LogP contribution in [0.1, 0.15) is 5.56 Å². The van der Waals surface area contributed by atoms with Gasteiger partial charge in [0.05, 0.1) is 10.0 Å². The maximum absolute atomic E-state index is 5.90. The highest BCUT2D eigenvalue weighted by atomic mass is 35.5. The Morgan fingerprint density at radius 3 is 2.79 bits per heavy atom. The number of thioether (sulfide) groups is 1. The molecule has 0 saturated heterocycles. The van der Waals surface area contributed by atoms with Gasteiger partial charge in [-0.2, -0.15) is 0 Å². The van der Waals surface area contributed by atoms with Crippen molar-refractivity contribution >= 4 is 40.0 Å². The van der Waals surface area contributed by atoms with Gasteiger partial charge in [0.25, 0.3) is 0 Å². The maximum atomic E-state index is 5.90. The average molecular weight is 248 g/mol. The van der Waals surface area contributed by atoms with E-state index in [0.717, 1.165) is 16.4 Å². The molecule has 0 radical (unpaired) electrons. The summed E-state index contributed by atoms with van der Waals surface area (Å²) in [5, 5.41) is 5.90. The van der Waals surface area contributed by atoms with Crippen molar-refractivity contribution in [2.24, 2.45) is 5.16 Å². The van der Waals surface area contributed by atoms with Gasteiger partial charge in [-0.05, 0) is 12.1 Å². The van der Waals surface area contributed by atoms with E-state index >= 15 is 0 Å². The molecule has 0 N–H and O–H groups in total. The zero-order chi connectivity index (χ0) is 9.97. The molecule has 74 valence electrons. The van der Waals surface area contributed by atoms with Crippen LogP contribution in [0.3, 0.4) is 0 Å². The lowest BCUT2D eigenvalue weighted by Gasteiger charge is -2.11. The molecule has 1 aromatic rings. The van der Waals surface area contributed by atoms with Crippen LogP contribution in [0.25, 0.3) is 0 Å². The minimum atomic E-state index is 0.540. The molecular weight excluding hydrogens is 241 g/mol. The second-order valence-electron chi connectivity index (χ2n) is 2.71. The predicted molar refractivity (Wildman–Crippen MR) is 61.4 cm³/mol. The molecule has 0 unspecified atom stereocenters. The third-order valence-corrected chi connectivity index (χ3v) is 3.42. The van der Waals surface area contributed by atoms with Crippen molar-refractivity contribution in [2.45, 2.75) is 0 Å². The van der Waals surface area contributed by atoms with Gasteiger partial charge < -0.3 is 4.84 Å². The Hall–Kier alpha value is -0.380. The third kappa shape index (κ3) is 2.16. The molecule has 0 spiro atoms. The number of nitrogens with zero attached hydrogens (tertiary/aromatic N) is 1. The summed E-state index contributed by atoms with van der Waals surface area (Å²) in [6.07, 6.45) is 0. The SMILES string of the molecule is Clc1ccc(C2=NOCCS2)cc1Cl. The van der Waals surface area contributed by atoms with Crippen molar-refractivity contribution in [3.05, 3.63) is 33.8 Å². The molecule has 0 bridgehead atoms. The molecule has 0 saturated carbocycles. The van der Waals surface area contributed by atoms with Gasteiger partial charge in [0.15, 0.2) is 0 Å². The van der Waals surface area contributed by atoms with E-state index in [1.807, 2.05) is 6.07 Å². The Kier molecular flexibility index (Phi) is 3.21. The standard InChI is InChI=1S/C9H7Cl2NOS/c10-7-2-1-6(5-8(7)11)9-12-13-3-4-14-9/h1-2,5H,3-4H2. The zero-order valence-electron chi connectivity index (χ0n) is 7.17. The quantitative estimate of drug-likeness (QED) is 0.759. The van der Waals surface area contributed by atoms with Gasteiger partial charge in [0, 0.05) is 11.3 Å². The van der Waals surface area contributed by atoms with Crippen molar-refractivity contribution < 1.29 is 4.84 Å². The molecule has 0 aromatic heterocycles. The lowest BCUT2D eigenvalue weighted by Crippen LogP contribution is -2.07. The zero-order valence-corrected chi connectivity index (χ0v) is 9.49. The molecule has 1 aromatic carbocycles. The molecule has 2 rings (SSSR count). The number of oxime groups is 1. The van der Waals surface area contributed by atoms with Crippen molar-refractivity contribution in [3.63, 3.8) is 0 Å². The lowest BCUT2D eigenvalue weighted by atomic mass is 10.2. The van der Waals surface area contributed by atoms with Gasteiger partial charge in [-0.25, -0.2) is 0 Å². The molecule has 2 nitrogen and oxygen atoms in total. The van der Waals surface area contributed by atoms with Crippen molar-refractivity contribution in [1.82, 2.24) is 0 Å². The van der Waals surface area contributed by atoms with Crippen LogP contribution >= 0.6 is 35.0 Å². The smallest absolute Gasteiger partial charge is 0.143 e. The van der Waals surface area contributed by atoms with Crippen LogP contribution < -0.4 is 0 Å². The van der Waals surface area contributed by atoms with Gasteiger partial charge in [-0.1, -0.05) is 46.2 Å². The number of hydrogen-bond acceptors (Lipinski definition) is 3. The Bertz CT molecular complexity index is 381. The Balaban J connectivity index is 2.32. The first-order chi connectivity index (χ1) is 6.77.